The largest absolute Gasteiger partial charge is 0.328 e. The highest BCUT2D eigenvalue weighted by atomic mass is 16.2. The van der Waals surface area contributed by atoms with Crippen LogP contribution in [0.15, 0.2) is 35.4 Å². The lowest BCUT2D eigenvalue weighted by Gasteiger charge is -2.30. The summed E-state index contributed by atoms with van der Waals surface area (Å²) in [6.45, 7) is 3.58. The van der Waals surface area contributed by atoms with Crippen LogP contribution in [0.5, 0.6) is 0 Å². The lowest BCUT2D eigenvalue weighted by Crippen LogP contribution is -2.44. The molecule has 0 saturated heterocycles. The number of para-hydroxylation sites is 1. The van der Waals surface area contributed by atoms with Crippen molar-refractivity contribution in [3.8, 4) is 0 Å². The van der Waals surface area contributed by atoms with Crippen molar-refractivity contribution >= 4 is 23.2 Å². The lowest BCUT2D eigenvalue weighted by molar-refractivity contribution is -0.125. The summed E-state index contributed by atoms with van der Waals surface area (Å²) in [6, 6.07) is 9.17. The van der Waals surface area contributed by atoms with Gasteiger partial charge in [0, 0.05) is 25.9 Å². The van der Waals surface area contributed by atoms with Gasteiger partial charge in [-0.15, -0.1) is 10.2 Å². The Hall–Kier alpha value is -3.03. The van der Waals surface area contributed by atoms with Gasteiger partial charge in [0.1, 0.15) is 11.5 Å². The number of benzene rings is 1. The molecule has 0 bridgehead atoms. The summed E-state index contributed by atoms with van der Waals surface area (Å²) in [5.74, 6) is 1.40. The van der Waals surface area contributed by atoms with Crippen molar-refractivity contribution in [3.63, 3.8) is 0 Å². The molecule has 2 aliphatic rings. The third kappa shape index (κ3) is 2.79. The van der Waals surface area contributed by atoms with Crippen LogP contribution < -0.4 is 5.01 Å². The van der Waals surface area contributed by atoms with Gasteiger partial charge < -0.3 is 9.47 Å². The minimum Gasteiger partial charge on any atom is -0.328 e. The molecular formula is C17H18N6O2. The minimum absolute atomic E-state index is 0.100. The molecule has 4 rings (SSSR count). The van der Waals surface area contributed by atoms with Gasteiger partial charge >= 0.3 is 0 Å². The van der Waals surface area contributed by atoms with Crippen LogP contribution in [0.25, 0.3) is 0 Å². The van der Waals surface area contributed by atoms with E-state index in [1.54, 1.807) is 17.0 Å². The first-order valence-electron chi connectivity index (χ1n) is 8.27. The second-order valence-electron chi connectivity index (χ2n) is 6.13. The molecule has 0 unspecified atom stereocenters. The number of anilines is 1. The Kier molecular flexibility index (Phi) is 3.79. The fourth-order valence-electron chi connectivity index (χ4n) is 3.14. The summed E-state index contributed by atoms with van der Waals surface area (Å²) >= 11 is 0. The molecule has 1 aromatic heterocycles. The van der Waals surface area contributed by atoms with Gasteiger partial charge in [-0.1, -0.05) is 18.2 Å². The molecule has 8 heteroatoms. The molecule has 0 atom stereocenters. The average molecular weight is 338 g/mol. The van der Waals surface area contributed by atoms with Gasteiger partial charge in [0.05, 0.1) is 12.2 Å². The van der Waals surface area contributed by atoms with Crippen molar-refractivity contribution in [3.05, 3.63) is 42.0 Å². The van der Waals surface area contributed by atoms with Crippen LogP contribution in [0.2, 0.25) is 0 Å². The summed E-state index contributed by atoms with van der Waals surface area (Å²) in [5.41, 5.74) is 1.08. The molecule has 2 aromatic rings. The molecule has 0 saturated carbocycles. The average Bonchev–Trinajstić information content (AvgIpc) is 3.03. The number of rotatable bonds is 2. The minimum atomic E-state index is -0.139. The summed E-state index contributed by atoms with van der Waals surface area (Å²) in [7, 11) is 0. The first-order chi connectivity index (χ1) is 12.1. The van der Waals surface area contributed by atoms with E-state index >= 15 is 0 Å². The Morgan fingerprint density at radius 2 is 1.88 bits per heavy atom. The zero-order valence-corrected chi connectivity index (χ0v) is 13.9. The van der Waals surface area contributed by atoms with Crippen LogP contribution in [-0.4, -0.2) is 43.7 Å². The van der Waals surface area contributed by atoms with E-state index in [-0.39, 0.29) is 18.2 Å². The Labute approximate surface area is 144 Å². The molecule has 0 N–H and O–H groups in total. The molecule has 0 spiro atoms. The summed E-state index contributed by atoms with van der Waals surface area (Å²) in [4.78, 5) is 26.8. The van der Waals surface area contributed by atoms with Crippen molar-refractivity contribution in [1.82, 2.24) is 19.7 Å². The second kappa shape index (κ2) is 6.12. The third-order valence-electron chi connectivity index (χ3n) is 4.51. The monoisotopic (exact) mass is 338 g/mol. The van der Waals surface area contributed by atoms with Gasteiger partial charge in [0.2, 0.25) is 5.91 Å². The molecule has 8 nitrogen and oxygen atoms in total. The number of hydrogen-bond acceptors (Lipinski definition) is 5. The first kappa shape index (κ1) is 15.5. The molecule has 1 aromatic carbocycles. The van der Waals surface area contributed by atoms with Crippen LogP contribution in [0.3, 0.4) is 0 Å². The quantitative estimate of drug-likeness (QED) is 0.821. The normalized spacial score (nSPS) is 17.3. The molecule has 25 heavy (non-hydrogen) atoms. The zero-order chi connectivity index (χ0) is 17.4. The summed E-state index contributed by atoms with van der Waals surface area (Å²) in [6.07, 6.45) is 0.645. The number of fused-ring (bicyclic) bond motifs is 1. The standard InChI is InChI=1S/C17H18N6O2/c1-12-18-19-15-11-21(9-10-22(12)15)17(25)14-7-8-16(24)23(20-14)13-5-3-2-4-6-13/h2-6H,7-11H2,1H3. The number of aryl methyl sites for hydroxylation is 1. The van der Waals surface area contributed by atoms with E-state index in [0.29, 0.717) is 37.5 Å². The maximum Gasteiger partial charge on any atom is 0.270 e. The predicted octanol–water partition coefficient (Wildman–Crippen LogP) is 1.11. The Morgan fingerprint density at radius 1 is 1.08 bits per heavy atom. The van der Waals surface area contributed by atoms with E-state index in [0.717, 1.165) is 11.6 Å². The maximum absolute atomic E-state index is 12.9. The van der Waals surface area contributed by atoms with Crippen LogP contribution in [-0.2, 0) is 22.7 Å². The number of hydrazone groups is 1. The van der Waals surface area contributed by atoms with Gasteiger partial charge in [-0.3, -0.25) is 9.59 Å². The molecular weight excluding hydrogens is 320 g/mol. The molecule has 3 heterocycles. The number of nitrogens with zero attached hydrogens (tertiary/aromatic N) is 6. The number of carbonyl (C=O) groups is 2. The van der Waals surface area contributed by atoms with Crippen LogP contribution in [0.1, 0.15) is 24.5 Å². The SMILES string of the molecule is Cc1nnc2n1CCN(C(=O)C1=NN(c3ccccc3)C(=O)CC1)C2. The highest BCUT2D eigenvalue weighted by Crippen LogP contribution is 2.21. The van der Waals surface area contributed by atoms with E-state index in [1.165, 1.54) is 5.01 Å². The van der Waals surface area contributed by atoms with E-state index in [9.17, 15) is 9.59 Å². The lowest BCUT2D eigenvalue weighted by atomic mass is 10.1. The van der Waals surface area contributed by atoms with Crippen molar-refractivity contribution in [2.75, 3.05) is 11.6 Å². The molecule has 0 radical (unpaired) electrons. The Balaban J connectivity index is 1.57. The Morgan fingerprint density at radius 3 is 2.68 bits per heavy atom. The van der Waals surface area contributed by atoms with E-state index < -0.39 is 0 Å². The van der Waals surface area contributed by atoms with Gasteiger partial charge in [0.15, 0.2) is 5.82 Å². The van der Waals surface area contributed by atoms with Gasteiger partial charge in [0.25, 0.3) is 5.91 Å². The van der Waals surface area contributed by atoms with E-state index in [4.69, 9.17) is 0 Å². The van der Waals surface area contributed by atoms with Gasteiger partial charge in [-0.25, -0.2) is 5.01 Å². The van der Waals surface area contributed by atoms with Crippen molar-refractivity contribution in [2.45, 2.75) is 32.9 Å². The highest BCUT2D eigenvalue weighted by molar-refractivity contribution is 6.40. The number of carbonyl (C=O) groups excluding carboxylic acids is 2. The second-order valence-corrected chi connectivity index (χ2v) is 6.13. The fourth-order valence-corrected chi connectivity index (χ4v) is 3.14. The predicted molar refractivity (Wildman–Crippen MR) is 90.8 cm³/mol. The molecule has 0 fully saturated rings. The maximum atomic E-state index is 12.9. The zero-order valence-electron chi connectivity index (χ0n) is 13.9. The number of hydrogen-bond donors (Lipinski definition) is 0. The molecule has 0 aliphatic carbocycles. The van der Waals surface area contributed by atoms with Crippen LogP contribution >= 0.6 is 0 Å². The van der Waals surface area contributed by atoms with Crippen LogP contribution in [0.4, 0.5) is 5.69 Å². The van der Waals surface area contributed by atoms with Gasteiger partial charge in [-0.2, -0.15) is 5.10 Å². The smallest absolute Gasteiger partial charge is 0.270 e. The Bertz CT molecular complexity index is 857. The van der Waals surface area contributed by atoms with E-state index in [1.807, 2.05) is 29.7 Å². The number of amides is 2. The number of aromatic nitrogens is 3. The first-order valence-corrected chi connectivity index (χ1v) is 8.27. The summed E-state index contributed by atoms with van der Waals surface area (Å²) in [5, 5.41) is 13.8. The third-order valence-corrected chi connectivity index (χ3v) is 4.51. The molecule has 2 aliphatic heterocycles. The highest BCUT2D eigenvalue weighted by Gasteiger charge is 2.30. The molecule has 2 amide bonds. The molecule has 128 valence electrons. The van der Waals surface area contributed by atoms with Crippen molar-refractivity contribution in [2.24, 2.45) is 5.10 Å². The van der Waals surface area contributed by atoms with Crippen molar-refractivity contribution < 1.29 is 9.59 Å². The van der Waals surface area contributed by atoms with Crippen molar-refractivity contribution in [1.29, 1.82) is 0 Å². The fraction of sp³-hybridized carbons (Fsp3) is 0.353. The van der Waals surface area contributed by atoms with Crippen LogP contribution in [0, 0.1) is 6.92 Å². The van der Waals surface area contributed by atoms with E-state index in [2.05, 4.69) is 15.3 Å². The van der Waals surface area contributed by atoms with Gasteiger partial charge in [-0.05, 0) is 19.1 Å². The summed E-state index contributed by atoms with van der Waals surface area (Å²) < 4.78 is 2.02. The topological polar surface area (TPSA) is 83.7 Å².